The first-order chi connectivity index (χ1) is 5.74. The second-order valence-corrected chi connectivity index (χ2v) is 7.40. The van der Waals surface area contributed by atoms with Crippen molar-refractivity contribution in [2.75, 3.05) is 19.8 Å². The molecule has 0 amide bonds. The molecule has 0 unspecified atom stereocenters. The van der Waals surface area contributed by atoms with E-state index >= 15 is 0 Å². The van der Waals surface area contributed by atoms with Gasteiger partial charge in [0.25, 0.3) is 0 Å². The SMILES string of the molecule is CCO[Si](C[SiH3])(OCC)OCC. The minimum absolute atomic E-state index is 0.689. The van der Waals surface area contributed by atoms with E-state index in [9.17, 15) is 0 Å². The molecule has 0 aromatic heterocycles. The van der Waals surface area contributed by atoms with Crippen molar-refractivity contribution in [1.82, 2.24) is 0 Å². The van der Waals surface area contributed by atoms with Gasteiger partial charge < -0.3 is 13.3 Å². The molecule has 0 atom stereocenters. The first kappa shape index (κ1) is 12.3. The molecule has 0 saturated carbocycles. The van der Waals surface area contributed by atoms with Crippen LogP contribution in [0.1, 0.15) is 20.8 Å². The van der Waals surface area contributed by atoms with Gasteiger partial charge in [0.15, 0.2) is 0 Å². The van der Waals surface area contributed by atoms with Crippen molar-refractivity contribution >= 4 is 19.0 Å². The Kier molecular flexibility index (Phi) is 6.97. The molecule has 0 aromatic carbocycles. The first-order valence-electron chi connectivity index (χ1n) is 4.66. The topological polar surface area (TPSA) is 27.7 Å². The Bertz CT molecular complexity index is 93.8. The summed E-state index contributed by atoms with van der Waals surface area (Å²) >= 11 is 0. The first-order valence-corrected chi connectivity index (χ1v) is 8.01. The Morgan fingerprint density at radius 3 is 1.42 bits per heavy atom. The molecule has 74 valence electrons. The summed E-state index contributed by atoms with van der Waals surface area (Å²) in [5, 5.41) is 0. The van der Waals surface area contributed by atoms with Gasteiger partial charge in [0.2, 0.25) is 0 Å². The van der Waals surface area contributed by atoms with Crippen molar-refractivity contribution in [1.29, 1.82) is 0 Å². The molecular formula is C7H20O3Si2. The molecule has 0 saturated heterocycles. The molecule has 0 aliphatic rings. The predicted molar refractivity (Wildman–Crippen MR) is 55.4 cm³/mol. The van der Waals surface area contributed by atoms with Gasteiger partial charge in [-0.05, 0) is 20.8 Å². The summed E-state index contributed by atoms with van der Waals surface area (Å²) in [6.07, 6.45) is 0. The summed E-state index contributed by atoms with van der Waals surface area (Å²) in [4.78, 5) is 0. The van der Waals surface area contributed by atoms with E-state index in [4.69, 9.17) is 13.3 Å². The van der Waals surface area contributed by atoms with Crippen LogP contribution < -0.4 is 0 Å². The fourth-order valence-electron chi connectivity index (χ4n) is 1.09. The van der Waals surface area contributed by atoms with Gasteiger partial charge in [-0.25, -0.2) is 0 Å². The van der Waals surface area contributed by atoms with E-state index in [2.05, 4.69) is 0 Å². The Balaban J connectivity index is 4.06. The van der Waals surface area contributed by atoms with Gasteiger partial charge in [-0.2, -0.15) is 0 Å². The highest BCUT2D eigenvalue weighted by Gasteiger charge is 2.37. The molecule has 5 heteroatoms. The highest BCUT2D eigenvalue weighted by Crippen LogP contribution is 2.12. The smallest absolute Gasteiger partial charge is 0.374 e. The molecular weight excluding hydrogens is 188 g/mol. The standard InChI is InChI=1S/C7H20O3Si2/c1-4-8-12(7-11,9-5-2)10-6-3/h4-7H2,1-3,11H3. The minimum Gasteiger partial charge on any atom is -0.374 e. The van der Waals surface area contributed by atoms with Crippen LogP contribution in [-0.2, 0) is 13.3 Å². The van der Waals surface area contributed by atoms with Gasteiger partial charge in [-0.1, -0.05) is 0 Å². The fourth-order valence-corrected chi connectivity index (χ4v) is 5.11. The van der Waals surface area contributed by atoms with Crippen LogP contribution in [-0.4, -0.2) is 38.9 Å². The third kappa shape index (κ3) is 3.82. The third-order valence-electron chi connectivity index (χ3n) is 1.53. The van der Waals surface area contributed by atoms with Crippen LogP contribution in [0.3, 0.4) is 0 Å². The summed E-state index contributed by atoms with van der Waals surface area (Å²) in [5.41, 5.74) is 0.989. The zero-order valence-corrected chi connectivity index (χ0v) is 11.6. The van der Waals surface area contributed by atoms with Gasteiger partial charge in [-0.3, -0.25) is 0 Å². The predicted octanol–water partition coefficient (Wildman–Crippen LogP) is 0.358. The maximum atomic E-state index is 5.59. The van der Waals surface area contributed by atoms with Gasteiger partial charge in [0.1, 0.15) is 0 Å². The van der Waals surface area contributed by atoms with Crippen LogP contribution in [0.2, 0.25) is 5.67 Å². The van der Waals surface area contributed by atoms with Crippen LogP contribution in [0.25, 0.3) is 0 Å². The van der Waals surface area contributed by atoms with Crippen molar-refractivity contribution in [3.63, 3.8) is 0 Å². The maximum absolute atomic E-state index is 5.59. The van der Waals surface area contributed by atoms with Gasteiger partial charge in [-0.15, -0.1) is 0 Å². The van der Waals surface area contributed by atoms with Crippen molar-refractivity contribution in [3.05, 3.63) is 0 Å². The minimum atomic E-state index is -2.21. The Labute approximate surface area is 79.2 Å². The van der Waals surface area contributed by atoms with Crippen molar-refractivity contribution < 1.29 is 13.3 Å². The maximum Gasteiger partial charge on any atom is 0.497 e. The summed E-state index contributed by atoms with van der Waals surface area (Å²) < 4.78 is 16.8. The van der Waals surface area contributed by atoms with Crippen LogP contribution >= 0.6 is 0 Å². The lowest BCUT2D eigenvalue weighted by molar-refractivity contribution is 0.0761. The summed E-state index contributed by atoms with van der Waals surface area (Å²) in [6.45, 7) is 8.02. The van der Waals surface area contributed by atoms with Crippen molar-refractivity contribution in [3.8, 4) is 0 Å². The Hall–Kier alpha value is 0.314. The highest BCUT2D eigenvalue weighted by molar-refractivity contribution is 6.67. The van der Waals surface area contributed by atoms with E-state index in [0.29, 0.717) is 19.8 Å². The third-order valence-corrected chi connectivity index (χ3v) is 7.18. The van der Waals surface area contributed by atoms with E-state index < -0.39 is 8.80 Å². The van der Waals surface area contributed by atoms with Gasteiger partial charge in [0, 0.05) is 35.7 Å². The molecule has 0 fully saturated rings. The molecule has 0 spiro atoms. The van der Waals surface area contributed by atoms with Gasteiger partial charge >= 0.3 is 8.80 Å². The van der Waals surface area contributed by atoms with E-state index in [1.54, 1.807) is 0 Å². The molecule has 0 aliphatic carbocycles. The van der Waals surface area contributed by atoms with Gasteiger partial charge in [0.05, 0.1) is 0 Å². The van der Waals surface area contributed by atoms with Crippen molar-refractivity contribution in [2.45, 2.75) is 26.4 Å². The lowest BCUT2D eigenvalue weighted by atomic mass is 10.9. The molecule has 0 radical (unpaired) electrons. The second-order valence-electron chi connectivity index (χ2n) is 2.34. The van der Waals surface area contributed by atoms with E-state index in [-0.39, 0.29) is 0 Å². The van der Waals surface area contributed by atoms with E-state index in [1.165, 1.54) is 0 Å². The van der Waals surface area contributed by atoms with E-state index in [0.717, 1.165) is 15.9 Å². The molecule has 12 heavy (non-hydrogen) atoms. The zero-order valence-electron chi connectivity index (χ0n) is 8.55. The molecule has 0 aromatic rings. The second kappa shape index (κ2) is 6.79. The Morgan fingerprint density at radius 2 is 1.25 bits per heavy atom. The lowest BCUT2D eigenvalue weighted by Gasteiger charge is -2.27. The average molecular weight is 208 g/mol. The van der Waals surface area contributed by atoms with Crippen molar-refractivity contribution in [2.24, 2.45) is 0 Å². The van der Waals surface area contributed by atoms with Crippen LogP contribution in [0.4, 0.5) is 0 Å². The molecule has 3 nitrogen and oxygen atoms in total. The number of hydrogen-bond donors (Lipinski definition) is 0. The summed E-state index contributed by atoms with van der Waals surface area (Å²) in [7, 11) is -1.13. The lowest BCUT2D eigenvalue weighted by Crippen LogP contribution is -2.46. The van der Waals surface area contributed by atoms with E-state index in [1.807, 2.05) is 20.8 Å². The molecule has 0 rings (SSSR count). The average Bonchev–Trinajstić information content (AvgIpc) is 2.06. The molecule has 0 aliphatic heterocycles. The van der Waals surface area contributed by atoms with Crippen LogP contribution in [0.5, 0.6) is 0 Å². The number of hydrogen-bond acceptors (Lipinski definition) is 3. The fraction of sp³-hybridized carbons (Fsp3) is 1.00. The molecule has 0 N–H and O–H groups in total. The summed E-state index contributed by atoms with van der Waals surface area (Å²) in [5.74, 6) is 0. The molecule has 0 heterocycles. The highest BCUT2D eigenvalue weighted by atomic mass is 28.4. The largest absolute Gasteiger partial charge is 0.497 e. The Morgan fingerprint density at radius 1 is 0.917 bits per heavy atom. The molecule has 0 bridgehead atoms. The zero-order chi connectivity index (χ0) is 9.45. The monoisotopic (exact) mass is 208 g/mol. The normalized spacial score (nSPS) is 12.2. The van der Waals surface area contributed by atoms with Crippen LogP contribution in [0.15, 0.2) is 0 Å². The summed E-state index contributed by atoms with van der Waals surface area (Å²) in [6, 6.07) is 0. The number of rotatable bonds is 7. The van der Waals surface area contributed by atoms with Crippen LogP contribution in [0, 0.1) is 0 Å². The quantitative estimate of drug-likeness (QED) is 0.565.